The topological polar surface area (TPSA) is 96.0 Å². The highest BCUT2D eigenvalue weighted by molar-refractivity contribution is 7.92. The van der Waals surface area contributed by atoms with Gasteiger partial charge < -0.3 is 5.73 Å². The maximum atomic E-state index is 12.1. The van der Waals surface area contributed by atoms with Crippen LogP contribution in [0.3, 0.4) is 0 Å². The molecule has 0 saturated heterocycles. The molecule has 0 aromatic heterocycles. The van der Waals surface area contributed by atoms with Crippen LogP contribution in [0.2, 0.25) is 5.02 Å². The fourth-order valence-electron chi connectivity index (χ4n) is 1.53. The van der Waals surface area contributed by atoms with Crippen LogP contribution < -0.4 is 10.5 Å². The molecule has 0 fully saturated rings. The van der Waals surface area contributed by atoms with Crippen molar-refractivity contribution in [1.82, 2.24) is 0 Å². The smallest absolute Gasteiger partial charge is 0.261 e. The molecule has 5 nitrogen and oxygen atoms in total. The molecule has 2 rings (SSSR count). The molecule has 0 aliphatic carbocycles. The maximum absolute atomic E-state index is 12.1. The highest BCUT2D eigenvalue weighted by atomic mass is 35.5. The lowest BCUT2D eigenvalue weighted by molar-refractivity contribution is 0.601. The highest BCUT2D eigenvalue weighted by Crippen LogP contribution is 2.24. The van der Waals surface area contributed by atoms with Crippen molar-refractivity contribution >= 4 is 33.0 Å². The molecule has 0 heterocycles. The van der Waals surface area contributed by atoms with E-state index in [-0.39, 0.29) is 10.6 Å². The largest absolute Gasteiger partial charge is 0.397 e. The number of nitriles is 1. The molecular formula is C13H10ClN3O2S. The van der Waals surface area contributed by atoms with Crippen molar-refractivity contribution in [2.24, 2.45) is 0 Å². The van der Waals surface area contributed by atoms with E-state index < -0.39 is 10.0 Å². The summed E-state index contributed by atoms with van der Waals surface area (Å²) in [6, 6.07) is 12.0. The normalized spacial score (nSPS) is 10.8. The number of hydrogen-bond donors (Lipinski definition) is 2. The number of nitrogen functional groups attached to an aromatic ring is 1. The molecule has 0 spiro atoms. The zero-order chi connectivity index (χ0) is 14.8. The predicted molar refractivity (Wildman–Crippen MR) is 77.8 cm³/mol. The number of nitrogens with two attached hydrogens (primary N) is 1. The molecular weight excluding hydrogens is 298 g/mol. The molecule has 0 saturated carbocycles. The van der Waals surface area contributed by atoms with E-state index >= 15 is 0 Å². The SMILES string of the molecule is N#Cc1ccc(S(=O)(=O)Nc2ccc(Cl)c(N)c2)cc1. The second-order valence-electron chi connectivity index (χ2n) is 3.98. The fourth-order valence-corrected chi connectivity index (χ4v) is 2.70. The van der Waals surface area contributed by atoms with Gasteiger partial charge in [0.25, 0.3) is 10.0 Å². The lowest BCUT2D eigenvalue weighted by atomic mass is 10.2. The molecule has 0 amide bonds. The molecule has 0 unspecified atom stereocenters. The predicted octanol–water partition coefficient (Wildman–Crippen LogP) is 2.59. The Morgan fingerprint density at radius 3 is 2.35 bits per heavy atom. The van der Waals surface area contributed by atoms with E-state index in [1.807, 2.05) is 6.07 Å². The summed E-state index contributed by atoms with van der Waals surface area (Å²) in [5, 5.41) is 9.03. The van der Waals surface area contributed by atoms with Crippen molar-refractivity contribution < 1.29 is 8.42 Å². The maximum Gasteiger partial charge on any atom is 0.261 e. The summed E-state index contributed by atoms with van der Waals surface area (Å²) >= 11 is 5.77. The standard InChI is InChI=1S/C13H10ClN3O2S/c14-12-6-3-10(7-13(12)16)17-20(18,19)11-4-1-9(8-15)2-5-11/h1-7,17H,16H2. The van der Waals surface area contributed by atoms with Crippen molar-refractivity contribution in [2.45, 2.75) is 4.90 Å². The van der Waals surface area contributed by atoms with Crippen LogP contribution in [-0.2, 0) is 10.0 Å². The number of halogens is 1. The molecule has 7 heteroatoms. The molecule has 0 aliphatic heterocycles. The van der Waals surface area contributed by atoms with Gasteiger partial charge in [0.15, 0.2) is 0 Å². The number of benzene rings is 2. The van der Waals surface area contributed by atoms with Crippen molar-refractivity contribution in [2.75, 3.05) is 10.5 Å². The monoisotopic (exact) mass is 307 g/mol. The van der Waals surface area contributed by atoms with Crippen LogP contribution in [0.1, 0.15) is 5.56 Å². The van der Waals surface area contributed by atoms with Gasteiger partial charge in [-0.1, -0.05) is 11.6 Å². The molecule has 3 N–H and O–H groups in total. The van der Waals surface area contributed by atoms with E-state index in [2.05, 4.69) is 4.72 Å². The van der Waals surface area contributed by atoms with Gasteiger partial charge in [0, 0.05) is 0 Å². The third kappa shape index (κ3) is 3.02. The highest BCUT2D eigenvalue weighted by Gasteiger charge is 2.14. The lowest BCUT2D eigenvalue weighted by Crippen LogP contribution is -2.13. The van der Waals surface area contributed by atoms with Gasteiger partial charge in [-0.25, -0.2) is 8.42 Å². The average molecular weight is 308 g/mol. The van der Waals surface area contributed by atoms with Gasteiger partial charge >= 0.3 is 0 Å². The van der Waals surface area contributed by atoms with Gasteiger partial charge in [0.2, 0.25) is 0 Å². The Balaban J connectivity index is 2.30. The van der Waals surface area contributed by atoms with E-state index in [0.717, 1.165) is 0 Å². The first-order valence-electron chi connectivity index (χ1n) is 5.50. The molecule has 0 radical (unpaired) electrons. The minimum atomic E-state index is -3.73. The van der Waals surface area contributed by atoms with E-state index in [0.29, 0.717) is 16.3 Å². The third-order valence-electron chi connectivity index (χ3n) is 2.54. The lowest BCUT2D eigenvalue weighted by Gasteiger charge is -2.09. The molecule has 0 atom stereocenters. The average Bonchev–Trinajstić information content (AvgIpc) is 2.43. The summed E-state index contributed by atoms with van der Waals surface area (Å²) < 4.78 is 26.6. The van der Waals surface area contributed by atoms with E-state index in [1.165, 1.54) is 42.5 Å². The van der Waals surface area contributed by atoms with Gasteiger partial charge in [-0.05, 0) is 42.5 Å². The van der Waals surface area contributed by atoms with Gasteiger partial charge in [-0.2, -0.15) is 5.26 Å². The van der Waals surface area contributed by atoms with Crippen molar-refractivity contribution in [3.63, 3.8) is 0 Å². The Morgan fingerprint density at radius 2 is 1.80 bits per heavy atom. The van der Waals surface area contributed by atoms with Gasteiger partial charge in [0.1, 0.15) is 0 Å². The van der Waals surface area contributed by atoms with Gasteiger partial charge in [-0.15, -0.1) is 0 Å². The third-order valence-corrected chi connectivity index (χ3v) is 4.28. The second kappa shape index (κ2) is 5.41. The number of sulfonamides is 1. The summed E-state index contributed by atoms with van der Waals surface area (Å²) in [6.45, 7) is 0. The first-order valence-corrected chi connectivity index (χ1v) is 7.36. The summed E-state index contributed by atoms with van der Waals surface area (Å²) in [4.78, 5) is 0.0602. The second-order valence-corrected chi connectivity index (χ2v) is 6.07. The van der Waals surface area contributed by atoms with Crippen LogP contribution in [0, 0.1) is 11.3 Å². The zero-order valence-corrected chi connectivity index (χ0v) is 11.7. The van der Waals surface area contributed by atoms with Crippen molar-refractivity contribution in [3.8, 4) is 6.07 Å². The van der Waals surface area contributed by atoms with E-state index in [9.17, 15) is 8.42 Å². The zero-order valence-electron chi connectivity index (χ0n) is 10.2. The van der Waals surface area contributed by atoms with Crippen LogP contribution in [0.4, 0.5) is 11.4 Å². The number of nitrogens with zero attached hydrogens (tertiary/aromatic N) is 1. The van der Waals surface area contributed by atoms with Crippen LogP contribution in [0.25, 0.3) is 0 Å². The van der Waals surface area contributed by atoms with Crippen LogP contribution in [0.15, 0.2) is 47.4 Å². The van der Waals surface area contributed by atoms with Gasteiger partial charge in [0.05, 0.1) is 32.9 Å². The summed E-state index contributed by atoms with van der Waals surface area (Å²) in [5.41, 5.74) is 6.60. The molecule has 0 bridgehead atoms. The fraction of sp³-hybridized carbons (Fsp3) is 0. The molecule has 2 aromatic rings. The van der Waals surface area contributed by atoms with Crippen LogP contribution in [0.5, 0.6) is 0 Å². The first kappa shape index (κ1) is 14.2. The first-order chi connectivity index (χ1) is 9.42. The van der Waals surface area contributed by atoms with Crippen LogP contribution in [-0.4, -0.2) is 8.42 Å². The van der Waals surface area contributed by atoms with Crippen molar-refractivity contribution in [3.05, 3.63) is 53.1 Å². The minimum Gasteiger partial charge on any atom is -0.397 e. The molecule has 0 aliphatic rings. The molecule has 102 valence electrons. The van der Waals surface area contributed by atoms with Crippen molar-refractivity contribution in [1.29, 1.82) is 5.26 Å². The summed E-state index contributed by atoms with van der Waals surface area (Å²) in [5.74, 6) is 0. The summed E-state index contributed by atoms with van der Waals surface area (Å²) in [6.07, 6.45) is 0. The Bertz CT molecular complexity index is 780. The molecule has 20 heavy (non-hydrogen) atoms. The molecule has 2 aromatic carbocycles. The Morgan fingerprint density at radius 1 is 1.15 bits per heavy atom. The number of nitrogens with one attached hydrogen (secondary N) is 1. The Labute approximate surface area is 121 Å². The van der Waals surface area contributed by atoms with Crippen LogP contribution >= 0.6 is 11.6 Å². The minimum absolute atomic E-state index is 0.0602. The number of anilines is 2. The quantitative estimate of drug-likeness (QED) is 0.852. The van der Waals surface area contributed by atoms with Gasteiger partial charge in [-0.3, -0.25) is 4.72 Å². The van der Waals surface area contributed by atoms with E-state index in [4.69, 9.17) is 22.6 Å². The van der Waals surface area contributed by atoms with E-state index in [1.54, 1.807) is 0 Å². The summed E-state index contributed by atoms with van der Waals surface area (Å²) in [7, 11) is -3.73. The number of hydrogen-bond acceptors (Lipinski definition) is 4. The Hall–Kier alpha value is -2.23. The number of rotatable bonds is 3. The Kier molecular flexibility index (Phi) is 3.84.